The Labute approximate surface area is 165 Å². The number of thiophene rings is 1. The maximum atomic E-state index is 13.3. The smallest absolute Gasteiger partial charge is 0.239 e. The van der Waals surface area contributed by atoms with Gasteiger partial charge in [0.25, 0.3) is 0 Å². The first-order chi connectivity index (χ1) is 13.1. The second kappa shape index (κ2) is 6.26. The molecule has 2 amide bonds. The lowest BCUT2D eigenvalue weighted by atomic mass is 9.86. The highest BCUT2D eigenvalue weighted by Crippen LogP contribution is 2.48. The van der Waals surface area contributed by atoms with Crippen LogP contribution in [0.2, 0.25) is 5.02 Å². The number of hydrogen-bond donors (Lipinski definition) is 0. The first-order valence-electron chi connectivity index (χ1n) is 9.05. The van der Waals surface area contributed by atoms with Gasteiger partial charge in [-0.25, -0.2) is 4.90 Å². The predicted molar refractivity (Wildman–Crippen MR) is 103 cm³/mol. The van der Waals surface area contributed by atoms with E-state index >= 15 is 0 Å². The van der Waals surface area contributed by atoms with Gasteiger partial charge in [-0.05, 0) is 55.1 Å². The molecule has 5 nitrogen and oxygen atoms in total. The fourth-order valence-electron chi connectivity index (χ4n) is 4.92. The number of amides is 2. The quantitative estimate of drug-likeness (QED) is 0.586. The highest BCUT2D eigenvalue weighted by molar-refractivity contribution is 7.12. The van der Waals surface area contributed by atoms with E-state index in [4.69, 9.17) is 11.6 Å². The molecular weight excluding hydrogens is 384 g/mol. The first kappa shape index (κ1) is 17.1. The van der Waals surface area contributed by atoms with E-state index in [2.05, 4.69) is 4.90 Å². The van der Waals surface area contributed by atoms with Crippen LogP contribution in [0.5, 0.6) is 0 Å². The van der Waals surface area contributed by atoms with E-state index < -0.39 is 17.9 Å². The molecule has 4 heterocycles. The summed E-state index contributed by atoms with van der Waals surface area (Å²) >= 11 is 7.33. The number of rotatable bonds is 3. The van der Waals surface area contributed by atoms with Crippen molar-refractivity contribution in [2.75, 3.05) is 11.4 Å². The van der Waals surface area contributed by atoms with Crippen molar-refractivity contribution in [1.82, 2.24) is 4.90 Å². The minimum atomic E-state index is -0.604. The Morgan fingerprint density at radius 2 is 1.81 bits per heavy atom. The Kier molecular flexibility index (Phi) is 3.96. The summed E-state index contributed by atoms with van der Waals surface area (Å²) in [6, 6.07) is 9.76. The molecule has 0 radical (unpaired) electrons. The summed E-state index contributed by atoms with van der Waals surface area (Å²) in [6.07, 6.45) is 1.80. The molecule has 0 aliphatic carbocycles. The molecule has 1 aromatic heterocycles. The number of Topliss-reactive ketones (excluding diaryl/α,β-unsaturated/α-hetero) is 1. The molecular formula is C20H17ClN2O3S. The van der Waals surface area contributed by atoms with Gasteiger partial charge >= 0.3 is 0 Å². The van der Waals surface area contributed by atoms with Crippen molar-refractivity contribution in [3.05, 3.63) is 51.7 Å². The number of benzene rings is 1. The van der Waals surface area contributed by atoms with Gasteiger partial charge in [-0.2, -0.15) is 0 Å². The van der Waals surface area contributed by atoms with Gasteiger partial charge < -0.3 is 0 Å². The minimum Gasteiger partial charge on any atom is -0.291 e. The standard InChI is InChI=1S/C20H17ClN2O3S/c21-11-5-7-12(8-6-11)23-19(25)15-13-3-1-9-22(13)17(16(15)20(23)26)18(24)14-4-2-10-27-14/h2,4-8,10,13,15-17H,1,3,9H2/t13-,15-,16-,17-/m0/s1. The maximum absolute atomic E-state index is 13.3. The van der Waals surface area contributed by atoms with E-state index in [9.17, 15) is 14.4 Å². The summed E-state index contributed by atoms with van der Waals surface area (Å²) in [6.45, 7) is 0.765. The zero-order valence-electron chi connectivity index (χ0n) is 14.4. The number of fused-ring (bicyclic) bond motifs is 3. The van der Waals surface area contributed by atoms with Crippen LogP contribution in [0.4, 0.5) is 5.69 Å². The van der Waals surface area contributed by atoms with Crippen LogP contribution in [-0.4, -0.2) is 41.1 Å². The summed E-state index contributed by atoms with van der Waals surface area (Å²) < 4.78 is 0. The second-order valence-electron chi connectivity index (χ2n) is 7.27. The molecule has 3 saturated heterocycles. The number of carbonyl (C=O) groups excluding carboxylic acids is 3. The zero-order valence-corrected chi connectivity index (χ0v) is 15.9. The molecule has 2 aromatic rings. The number of nitrogens with zero attached hydrogens (tertiary/aromatic N) is 2. The molecule has 138 valence electrons. The van der Waals surface area contributed by atoms with Gasteiger partial charge in [0.15, 0.2) is 5.78 Å². The second-order valence-corrected chi connectivity index (χ2v) is 8.66. The molecule has 5 rings (SSSR count). The molecule has 0 saturated carbocycles. The molecule has 1 aromatic carbocycles. The SMILES string of the molecule is O=C(c1cccs1)[C@@H]1[C@H]2C(=O)N(c3ccc(Cl)cc3)C(=O)[C@H]2[C@@H]2CCCN12. The van der Waals surface area contributed by atoms with Crippen molar-refractivity contribution in [3.63, 3.8) is 0 Å². The van der Waals surface area contributed by atoms with Crippen LogP contribution in [0.3, 0.4) is 0 Å². The fraction of sp³-hybridized carbons (Fsp3) is 0.350. The molecule has 3 fully saturated rings. The van der Waals surface area contributed by atoms with E-state index in [1.807, 2.05) is 11.4 Å². The van der Waals surface area contributed by atoms with Gasteiger partial charge in [-0.1, -0.05) is 17.7 Å². The monoisotopic (exact) mass is 400 g/mol. The number of carbonyl (C=O) groups is 3. The van der Waals surface area contributed by atoms with Crippen LogP contribution in [0, 0.1) is 11.8 Å². The van der Waals surface area contributed by atoms with E-state index in [-0.39, 0.29) is 23.6 Å². The maximum Gasteiger partial charge on any atom is 0.239 e. The molecule has 3 aliphatic heterocycles. The molecule has 3 aliphatic rings. The number of anilines is 1. The summed E-state index contributed by atoms with van der Waals surface area (Å²) in [5.74, 6) is -1.54. The molecule has 4 atom stereocenters. The summed E-state index contributed by atoms with van der Waals surface area (Å²) in [5.41, 5.74) is 0.524. The largest absolute Gasteiger partial charge is 0.291 e. The molecule has 0 bridgehead atoms. The Morgan fingerprint density at radius 1 is 1.07 bits per heavy atom. The predicted octanol–water partition coefficient (Wildman–Crippen LogP) is 3.24. The minimum absolute atomic E-state index is 0.0299. The Hall–Kier alpha value is -2.02. The summed E-state index contributed by atoms with van der Waals surface area (Å²) in [7, 11) is 0. The molecule has 7 heteroatoms. The van der Waals surface area contributed by atoms with Crippen molar-refractivity contribution in [3.8, 4) is 0 Å². The van der Waals surface area contributed by atoms with Gasteiger partial charge in [0.2, 0.25) is 11.8 Å². The highest BCUT2D eigenvalue weighted by Gasteiger charge is 2.64. The van der Waals surface area contributed by atoms with Crippen LogP contribution in [-0.2, 0) is 9.59 Å². The van der Waals surface area contributed by atoms with Crippen molar-refractivity contribution in [2.45, 2.75) is 24.9 Å². The summed E-state index contributed by atoms with van der Waals surface area (Å²) in [4.78, 5) is 43.7. The lowest BCUT2D eigenvalue weighted by molar-refractivity contribution is -0.123. The third kappa shape index (κ3) is 2.43. The molecule has 0 N–H and O–H groups in total. The van der Waals surface area contributed by atoms with Gasteiger partial charge in [0, 0.05) is 11.1 Å². The van der Waals surface area contributed by atoms with Crippen molar-refractivity contribution >= 4 is 46.2 Å². The average molecular weight is 401 g/mol. The Bertz CT molecular complexity index is 927. The highest BCUT2D eigenvalue weighted by atomic mass is 35.5. The molecule has 27 heavy (non-hydrogen) atoms. The van der Waals surface area contributed by atoms with Crippen molar-refractivity contribution < 1.29 is 14.4 Å². The van der Waals surface area contributed by atoms with Crippen LogP contribution >= 0.6 is 22.9 Å². The van der Waals surface area contributed by atoms with Crippen molar-refractivity contribution in [1.29, 1.82) is 0 Å². The van der Waals surface area contributed by atoms with Crippen LogP contribution in [0.1, 0.15) is 22.5 Å². The molecule has 0 spiro atoms. The Balaban J connectivity index is 1.56. The fourth-order valence-corrected chi connectivity index (χ4v) is 5.75. The third-order valence-corrected chi connectivity index (χ3v) is 7.11. The van der Waals surface area contributed by atoms with E-state index in [1.54, 1.807) is 30.3 Å². The first-order valence-corrected chi connectivity index (χ1v) is 10.3. The van der Waals surface area contributed by atoms with Gasteiger partial charge in [0.05, 0.1) is 28.4 Å². The Morgan fingerprint density at radius 3 is 2.52 bits per heavy atom. The molecule has 0 unspecified atom stereocenters. The van der Waals surface area contributed by atoms with E-state index in [1.165, 1.54) is 16.2 Å². The van der Waals surface area contributed by atoms with Gasteiger partial charge in [-0.3, -0.25) is 19.3 Å². The zero-order chi connectivity index (χ0) is 18.7. The third-order valence-electron chi connectivity index (χ3n) is 5.97. The number of imide groups is 1. The average Bonchev–Trinajstić information content (AvgIpc) is 3.41. The van der Waals surface area contributed by atoms with E-state index in [0.29, 0.717) is 15.6 Å². The van der Waals surface area contributed by atoms with Crippen LogP contribution in [0.15, 0.2) is 41.8 Å². The number of ketones is 1. The number of halogens is 1. The van der Waals surface area contributed by atoms with Crippen LogP contribution < -0.4 is 4.90 Å². The van der Waals surface area contributed by atoms with Gasteiger partial charge in [-0.15, -0.1) is 11.3 Å². The van der Waals surface area contributed by atoms with Crippen LogP contribution in [0.25, 0.3) is 0 Å². The van der Waals surface area contributed by atoms with Crippen molar-refractivity contribution in [2.24, 2.45) is 11.8 Å². The number of hydrogen-bond acceptors (Lipinski definition) is 5. The van der Waals surface area contributed by atoms with Gasteiger partial charge in [0.1, 0.15) is 0 Å². The normalized spacial score (nSPS) is 30.0. The topological polar surface area (TPSA) is 57.7 Å². The lowest BCUT2D eigenvalue weighted by Gasteiger charge is -2.27. The lowest BCUT2D eigenvalue weighted by Crippen LogP contribution is -2.45. The summed E-state index contributed by atoms with van der Waals surface area (Å²) in [5, 5.41) is 2.41. The van der Waals surface area contributed by atoms with E-state index in [0.717, 1.165) is 19.4 Å².